The Kier molecular flexibility index (Phi) is 5.63. The summed E-state index contributed by atoms with van der Waals surface area (Å²) in [6, 6.07) is 7.75. The second-order valence-corrected chi connectivity index (χ2v) is 7.14. The van der Waals surface area contributed by atoms with Crippen molar-refractivity contribution in [3.05, 3.63) is 43.5 Å². The number of nitrogens with one attached hydrogen (secondary N) is 1. The molecule has 3 N–H and O–H groups in total. The number of hydrogen-bond donors (Lipinski definition) is 2. The number of halogens is 2. The molecule has 6 heteroatoms. The van der Waals surface area contributed by atoms with Gasteiger partial charge in [-0.25, -0.2) is 0 Å². The maximum atomic E-state index is 11.9. The van der Waals surface area contributed by atoms with Crippen molar-refractivity contribution in [2.24, 2.45) is 0 Å². The maximum absolute atomic E-state index is 11.9. The van der Waals surface area contributed by atoms with Crippen LogP contribution in [0.3, 0.4) is 0 Å². The van der Waals surface area contributed by atoms with Crippen LogP contribution in [0.4, 0.5) is 11.4 Å². The van der Waals surface area contributed by atoms with Crippen molar-refractivity contribution in [3.63, 3.8) is 0 Å². The minimum Gasteiger partial charge on any atom is -0.397 e. The van der Waals surface area contributed by atoms with E-state index in [1.165, 1.54) is 4.88 Å². The van der Waals surface area contributed by atoms with Gasteiger partial charge in [-0.3, -0.25) is 4.79 Å². The van der Waals surface area contributed by atoms with Crippen LogP contribution < -0.4 is 11.1 Å². The molecule has 0 aliphatic carbocycles. The Hall–Kier alpha value is -0.850. The van der Waals surface area contributed by atoms with E-state index in [-0.39, 0.29) is 5.91 Å². The SMILES string of the molecule is Nc1cc(Br)cc(Br)c1NC(=O)CCCc1cccs1. The summed E-state index contributed by atoms with van der Waals surface area (Å²) in [4.78, 5) is 13.2. The molecule has 0 unspecified atom stereocenters. The lowest BCUT2D eigenvalue weighted by molar-refractivity contribution is -0.116. The number of nitrogens with two attached hydrogens (primary N) is 1. The number of aryl methyl sites for hydroxylation is 1. The van der Waals surface area contributed by atoms with Crippen molar-refractivity contribution in [1.82, 2.24) is 0 Å². The molecule has 20 heavy (non-hydrogen) atoms. The van der Waals surface area contributed by atoms with Gasteiger partial charge in [0.05, 0.1) is 11.4 Å². The fourth-order valence-electron chi connectivity index (χ4n) is 1.81. The summed E-state index contributed by atoms with van der Waals surface area (Å²) in [5.74, 6) is -0.0173. The number of hydrogen-bond acceptors (Lipinski definition) is 3. The molecule has 0 atom stereocenters. The zero-order valence-corrected chi connectivity index (χ0v) is 14.6. The predicted molar refractivity (Wildman–Crippen MR) is 92.1 cm³/mol. The van der Waals surface area contributed by atoms with E-state index >= 15 is 0 Å². The third-order valence-corrected chi connectivity index (χ3v) is 4.78. The molecule has 1 heterocycles. The van der Waals surface area contributed by atoms with E-state index in [9.17, 15) is 4.79 Å². The number of rotatable bonds is 5. The zero-order valence-electron chi connectivity index (χ0n) is 10.7. The Labute approximate surface area is 138 Å². The van der Waals surface area contributed by atoms with Crippen molar-refractivity contribution >= 4 is 60.5 Å². The number of benzene rings is 1. The molecule has 0 spiro atoms. The highest BCUT2D eigenvalue weighted by Gasteiger charge is 2.10. The van der Waals surface area contributed by atoms with Gasteiger partial charge in [0.2, 0.25) is 5.91 Å². The monoisotopic (exact) mass is 416 g/mol. The third-order valence-electron chi connectivity index (χ3n) is 2.76. The van der Waals surface area contributed by atoms with Crippen LogP contribution in [0.5, 0.6) is 0 Å². The normalized spacial score (nSPS) is 10.5. The molecule has 2 aromatic rings. The van der Waals surface area contributed by atoms with Crippen molar-refractivity contribution in [2.45, 2.75) is 19.3 Å². The van der Waals surface area contributed by atoms with Gasteiger partial charge < -0.3 is 11.1 Å². The minimum absolute atomic E-state index is 0.0173. The van der Waals surface area contributed by atoms with E-state index in [0.29, 0.717) is 17.8 Å². The van der Waals surface area contributed by atoms with E-state index in [1.807, 2.05) is 12.1 Å². The average molecular weight is 418 g/mol. The lowest BCUT2D eigenvalue weighted by atomic mass is 10.2. The van der Waals surface area contributed by atoms with Gasteiger partial charge in [0, 0.05) is 20.2 Å². The molecule has 1 aromatic carbocycles. The van der Waals surface area contributed by atoms with E-state index in [4.69, 9.17) is 5.73 Å². The van der Waals surface area contributed by atoms with Crippen molar-refractivity contribution in [1.29, 1.82) is 0 Å². The molecule has 1 amide bonds. The van der Waals surface area contributed by atoms with Gasteiger partial charge in [-0.05, 0) is 52.4 Å². The molecule has 0 aliphatic rings. The first-order valence-corrected chi connectivity index (χ1v) is 8.59. The largest absolute Gasteiger partial charge is 0.397 e. The molecular formula is C14H14Br2N2OS. The van der Waals surface area contributed by atoms with Gasteiger partial charge in [0.1, 0.15) is 0 Å². The number of amides is 1. The Morgan fingerprint density at radius 2 is 2.15 bits per heavy atom. The van der Waals surface area contributed by atoms with Crippen LogP contribution in [0.2, 0.25) is 0 Å². The Bertz CT molecular complexity index is 576. The minimum atomic E-state index is -0.0173. The van der Waals surface area contributed by atoms with Crippen LogP contribution in [0.25, 0.3) is 0 Å². The molecule has 0 saturated carbocycles. The summed E-state index contributed by atoms with van der Waals surface area (Å²) in [6.45, 7) is 0. The highest BCUT2D eigenvalue weighted by atomic mass is 79.9. The van der Waals surface area contributed by atoms with Crippen molar-refractivity contribution in [3.8, 4) is 0 Å². The number of thiophene rings is 1. The van der Waals surface area contributed by atoms with Crippen LogP contribution in [0.15, 0.2) is 38.6 Å². The number of anilines is 2. The molecule has 1 aromatic heterocycles. The highest BCUT2D eigenvalue weighted by Crippen LogP contribution is 2.32. The summed E-state index contributed by atoms with van der Waals surface area (Å²) in [5, 5.41) is 4.91. The molecular weight excluding hydrogens is 404 g/mol. The fraction of sp³-hybridized carbons (Fsp3) is 0.214. The molecule has 0 saturated heterocycles. The molecule has 2 rings (SSSR count). The van der Waals surface area contributed by atoms with Gasteiger partial charge >= 0.3 is 0 Å². The van der Waals surface area contributed by atoms with Crippen LogP contribution in [-0.4, -0.2) is 5.91 Å². The first kappa shape index (κ1) is 15.5. The topological polar surface area (TPSA) is 55.1 Å². The number of carbonyl (C=O) groups is 1. The average Bonchev–Trinajstić information content (AvgIpc) is 2.87. The van der Waals surface area contributed by atoms with Crippen LogP contribution >= 0.6 is 43.2 Å². The lowest BCUT2D eigenvalue weighted by Gasteiger charge is -2.11. The molecule has 0 radical (unpaired) electrons. The molecule has 106 valence electrons. The molecule has 0 fully saturated rings. The maximum Gasteiger partial charge on any atom is 0.224 e. The molecule has 3 nitrogen and oxygen atoms in total. The zero-order chi connectivity index (χ0) is 14.5. The highest BCUT2D eigenvalue weighted by molar-refractivity contribution is 9.11. The second-order valence-electron chi connectivity index (χ2n) is 4.33. The van der Waals surface area contributed by atoms with Crippen LogP contribution in [0.1, 0.15) is 17.7 Å². The van der Waals surface area contributed by atoms with Gasteiger partial charge in [-0.2, -0.15) is 0 Å². The second kappa shape index (κ2) is 7.24. The quantitative estimate of drug-likeness (QED) is 0.685. The first-order chi connectivity index (χ1) is 9.56. The van der Waals surface area contributed by atoms with Crippen LogP contribution in [0, 0.1) is 0 Å². The molecule has 0 aliphatic heterocycles. The predicted octanol–water partition coefficient (Wildman–Crippen LogP) is 4.82. The Morgan fingerprint density at radius 1 is 1.35 bits per heavy atom. The number of carbonyl (C=O) groups excluding carboxylic acids is 1. The van der Waals surface area contributed by atoms with Crippen molar-refractivity contribution in [2.75, 3.05) is 11.1 Å². The van der Waals surface area contributed by atoms with E-state index in [1.54, 1.807) is 17.4 Å². The summed E-state index contributed by atoms with van der Waals surface area (Å²) >= 11 is 8.48. The van der Waals surface area contributed by atoms with Crippen molar-refractivity contribution < 1.29 is 4.79 Å². The standard InChI is InChI=1S/C14H14Br2N2OS/c15-9-7-11(16)14(12(17)8-9)18-13(19)5-1-3-10-4-2-6-20-10/h2,4,6-8H,1,3,5,17H2,(H,18,19). The molecule has 0 bridgehead atoms. The van der Waals surface area contributed by atoms with Gasteiger partial charge in [0.25, 0.3) is 0 Å². The summed E-state index contributed by atoms with van der Waals surface area (Å²) in [5.41, 5.74) is 7.08. The smallest absolute Gasteiger partial charge is 0.224 e. The van der Waals surface area contributed by atoms with Gasteiger partial charge in [-0.15, -0.1) is 11.3 Å². The van der Waals surface area contributed by atoms with Crippen LogP contribution in [-0.2, 0) is 11.2 Å². The van der Waals surface area contributed by atoms with E-state index in [2.05, 4.69) is 48.6 Å². The van der Waals surface area contributed by atoms with E-state index in [0.717, 1.165) is 21.8 Å². The summed E-state index contributed by atoms with van der Waals surface area (Å²) < 4.78 is 1.65. The third kappa shape index (κ3) is 4.33. The number of nitrogen functional groups attached to an aromatic ring is 1. The van der Waals surface area contributed by atoms with Gasteiger partial charge in [0.15, 0.2) is 0 Å². The van der Waals surface area contributed by atoms with Gasteiger partial charge in [-0.1, -0.05) is 22.0 Å². The Morgan fingerprint density at radius 3 is 2.80 bits per heavy atom. The summed E-state index contributed by atoms with van der Waals surface area (Å²) in [7, 11) is 0. The lowest BCUT2D eigenvalue weighted by Crippen LogP contribution is -2.13. The first-order valence-electron chi connectivity index (χ1n) is 6.13. The Balaban J connectivity index is 1.88. The summed E-state index contributed by atoms with van der Waals surface area (Å²) in [6.07, 6.45) is 2.25. The van der Waals surface area contributed by atoms with E-state index < -0.39 is 0 Å². The fourth-order valence-corrected chi connectivity index (χ4v) is 3.91.